The molecule has 0 spiro atoms. The normalized spacial score (nSPS) is 14.2. The number of aromatic nitrogens is 2. The van der Waals surface area contributed by atoms with E-state index in [-0.39, 0.29) is 0 Å². The average Bonchev–Trinajstić information content (AvgIpc) is 3.33. The average molecular weight is 482 g/mol. The summed E-state index contributed by atoms with van der Waals surface area (Å²) < 4.78 is 7.35. The van der Waals surface area contributed by atoms with Crippen LogP contribution < -0.4 is 11.1 Å². The van der Waals surface area contributed by atoms with Gasteiger partial charge in [0, 0.05) is 19.0 Å². The zero-order chi connectivity index (χ0) is 22.5. The Morgan fingerprint density at radius 2 is 1.90 bits per heavy atom. The van der Waals surface area contributed by atoms with E-state index in [1.54, 1.807) is 10.9 Å². The van der Waals surface area contributed by atoms with Gasteiger partial charge in [-0.05, 0) is 55.6 Å². The molecule has 3 N–H and O–H groups in total. The van der Waals surface area contributed by atoms with Crippen LogP contribution in [-0.2, 0) is 13.5 Å². The molecule has 4 rings (SSSR count). The maximum Gasteiger partial charge on any atom is 0.150 e. The molecule has 1 aliphatic heterocycles. The third kappa shape index (κ3) is 5.66. The molecule has 166 valence electrons. The summed E-state index contributed by atoms with van der Waals surface area (Å²) in [5, 5.41) is 9.37. The molecule has 0 aliphatic carbocycles. The molecule has 1 aromatic carbocycles. The van der Waals surface area contributed by atoms with Crippen LogP contribution in [0.1, 0.15) is 42.8 Å². The van der Waals surface area contributed by atoms with Crippen LogP contribution in [-0.4, -0.2) is 22.9 Å². The zero-order valence-corrected chi connectivity index (χ0v) is 20.0. The van der Waals surface area contributed by atoms with Crippen molar-refractivity contribution < 1.29 is 4.42 Å². The van der Waals surface area contributed by atoms with Crippen molar-refractivity contribution in [2.75, 3.05) is 13.1 Å². The van der Waals surface area contributed by atoms with Gasteiger partial charge in [-0.25, -0.2) is 0 Å². The lowest BCUT2D eigenvalue weighted by Crippen LogP contribution is -2.26. The summed E-state index contributed by atoms with van der Waals surface area (Å²) in [6.45, 7) is 7.88. The smallest absolute Gasteiger partial charge is 0.150 e. The van der Waals surface area contributed by atoms with Gasteiger partial charge in [-0.3, -0.25) is 4.68 Å². The van der Waals surface area contributed by atoms with Crippen LogP contribution >= 0.6 is 34.8 Å². The van der Waals surface area contributed by atoms with Crippen molar-refractivity contribution in [3.8, 4) is 11.3 Å². The van der Waals surface area contributed by atoms with Gasteiger partial charge in [0.1, 0.15) is 11.5 Å². The number of nitrogens with one attached hydrogen (secondary N) is 1. The number of aryl methyl sites for hydroxylation is 2. The van der Waals surface area contributed by atoms with Crippen LogP contribution in [0.25, 0.3) is 17.0 Å². The van der Waals surface area contributed by atoms with Gasteiger partial charge >= 0.3 is 0 Å². The summed E-state index contributed by atoms with van der Waals surface area (Å²) in [6, 6.07) is 7.83. The van der Waals surface area contributed by atoms with Crippen molar-refractivity contribution in [3.63, 3.8) is 0 Å². The minimum atomic E-state index is 0.407. The fourth-order valence-corrected chi connectivity index (χ4v) is 4.26. The van der Waals surface area contributed by atoms with Crippen LogP contribution in [0, 0.1) is 0 Å². The Morgan fingerprint density at radius 3 is 2.45 bits per heavy atom. The highest BCUT2D eigenvalue weighted by Crippen LogP contribution is 2.34. The third-order valence-corrected chi connectivity index (χ3v) is 6.37. The number of hydrogen-bond acceptors (Lipinski definition) is 4. The van der Waals surface area contributed by atoms with Crippen LogP contribution in [0.15, 0.2) is 41.5 Å². The van der Waals surface area contributed by atoms with Gasteiger partial charge < -0.3 is 15.5 Å². The number of furan rings is 1. The molecule has 3 heterocycles. The van der Waals surface area contributed by atoms with E-state index in [1.807, 2.05) is 32.2 Å². The van der Waals surface area contributed by atoms with Crippen molar-refractivity contribution in [3.05, 3.63) is 69.2 Å². The lowest BCUT2D eigenvalue weighted by atomic mass is 9.90. The first-order valence-electron chi connectivity index (χ1n) is 10.2. The van der Waals surface area contributed by atoms with E-state index >= 15 is 0 Å². The Hall–Kier alpha value is -1.92. The van der Waals surface area contributed by atoms with Crippen LogP contribution in [0.5, 0.6) is 0 Å². The minimum absolute atomic E-state index is 0.407. The molecule has 1 aliphatic rings. The molecule has 0 unspecified atom stereocenters. The Kier molecular flexibility index (Phi) is 8.11. The standard InChI is InChI=1S/C12H14ClN3O.C11H13Cl2N/c1-4-10-8(5-11(17-10)7(2)14)12-9(13)6-15-16(12)3;12-10-2-1-9(7-11(10)13)8-3-5-14-6-4-8/h5-6H,2,4,14H2,1,3H3;1-2,7-8,14H,3-6H2. The number of nitrogens with two attached hydrogens (primary N) is 1. The number of benzene rings is 1. The number of nitrogens with zero attached hydrogens (tertiary/aromatic N) is 2. The quantitative estimate of drug-likeness (QED) is 0.460. The highest BCUT2D eigenvalue weighted by atomic mass is 35.5. The van der Waals surface area contributed by atoms with Crippen molar-refractivity contribution in [2.24, 2.45) is 12.8 Å². The first-order valence-corrected chi connectivity index (χ1v) is 11.4. The van der Waals surface area contributed by atoms with Gasteiger partial charge in [-0.2, -0.15) is 5.10 Å². The summed E-state index contributed by atoms with van der Waals surface area (Å²) >= 11 is 18.0. The molecule has 2 aromatic heterocycles. The van der Waals surface area contributed by atoms with E-state index in [2.05, 4.69) is 23.1 Å². The van der Waals surface area contributed by atoms with E-state index in [9.17, 15) is 0 Å². The van der Waals surface area contributed by atoms with Gasteiger partial charge in [-0.1, -0.05) is 54.4 Å². The topological polar surface area (TPSA) is 69.0 Å². The Bertz CT molecular complexity index is 1030. The predicted molar refractivity (Wildman–Crippen MR) is 130 cm³/mol. The molecular weight excluding hydrogens is 455 g/mol. The summed E-state index contributed by atoms with van der Waals surface area (Å²) in [4.78, 5) is 0. The lowest BCUT2D eigenvalue weighted by Gasteiger charge is -2.23. The molecule has 0 saturated carbocycles. The number of halogens is 3. The maximum absolute atomic E-state index is 6.12. The zero-order valence-electron chi connectivity index (χ0n) is 17.7. The molecule has 1 saturated heterocycles. The van der Waals surface area contributed by atoms with Crippen LogP contribution in [0.3, 0.4) is 0 Å². The van der Waals surface area contributed by atoms with E-state index in [0.717, 1.165) is 36.5 Å². The highest BCUT2D eigenvalue weighted by Gasteiger charge is 2.18. The molecule has 0 atom stereocenters. The first kappa shape index (κ1) is 23.7. The molecular formula is C23H27Cl3N4O. The van der Waals surface area contributed by atoms with E-state index < -0.39 is 0 Å². The predicted octanol–water partition coefficient (Wildman–Crippen LogP) is 6.29. The van der Waals surface area contributed by atoms with Gasteiger partial charge in [0.25, 0.3) is 0 Å². The summed E-state index contributed by atoms with van der Waals surface area (Å²) in [6.07, 6.45) is 4.75. The second kappa shape index (κ2) is 10.6. The molecule has 1 fully saturated rings. The van der Waals surface area contributed by atoms with Gasteiger partial charge in [0.15, 0.2) is 0 Å². The number of piperidine rings is 1. The fraction of sp³-hybridized carbons (Fsp3) is 0.348. The first-order chi connectivity index (χ1) is 14.8. The van der Waals surface area contributed by atoms with E-state index in [1.165, 1.54) is 18.4 Å². The largest absolute Gasteiger partial charge is 0.459 e. The Morgan fingerprint density at radius 1 is 1.19 bits per heavy atom. The third-order valence-electron chi connectivity index (χ3n) is 5.35. The maximum atomic E-state index is 6.12. The van der Waals surface area contributed by atoms with Crippen LogP contribution in [0.4, 0.5) is 0 Å². The molecule has 0 amide bonds. The minimum Gasteiger partial charge on any atom is -0.459 e. The monoisotopic (exact) mass is 480 g/mol. The van der Waals surface area contributed by atoms with E-state index in [4.69, 9.17) is 45.0 Å². The molecule has 0 radical (unpaired) electrons. The summed E-state index contributed by atoms with van der Waals surface area (Å²) in [5.41, 5.74) is 9.11. The van der Waals surface area contributed by atoms with E-state index in [0.29, 0.717) is 32.4 Å². The molecule has 31 heavy (non-hydrogen) atoms. The molecule has 8 heteroatoms. The SMILES string of the molecule is C=C(N)c1cc(-c2c(Cl)cnn2C)c(CC)o1.Clc1ccc(C2CCNCC2)cc1Cl. The van der Waals surface area contributed by atoms with Gasteiger partial charge in [0.05, 0.1) is 32.7 Å². The summed E-state index contributed by atoms with van der Waals surface area (Å²) in [5.74, 6) is 2.05. The van der Waals surface area contributed by atoms with Crippen LogP contribution in [0.2, 0.25) is 15.1 Å². The second-order valence-electron chi connectivity index (χ2n) is 7.49. The van der Waals surface area contributed by atoms with Crippen molar-refractivity contribution in [1.82, 2.24) is 15.1 Å². The molecule has 0 bridgehead atoms. The Balaban J connectivity index is 0.000000179. The van der Waals surface area contributed by atoms with Crippen molar-refractivity contribution >= 4 is 40.5 Å². The summed E-state index contributed by atoms with van der Waals surface area (Å²) in [7, 11) is 1.84. The Labute approximate surface area is 198 Å². The highest BCUT2D eigenvalue weighted by molar-refractivity contribution is 6.42. The van der Waals surface area contributed by atoms with Crippen molar-refractivity contribution in [2.45, 2.75) is 32.1 Å². The fourth-order valence-electron chi connectivity index (χ4n) is 3.69. The molecule has 3 aromatic rings. The van der Waals surface area contributed by atoms with Gasteiger partial charge in [-0.15, -0.1) is 0 Å². The number of hydrogen-bond donors (Lipinski definition) is 2. The second-order valence-corrected chi connectivity index (χ2v) is 8.71. The number of rotatable bonds is 4. The van der Waals surface area contributed by atoms with Crippen molar-refractivity contribution in [1.29, 1.82) is 0 Å². The molecule has 5 nitrogen and oxygen atoms in total. The van der Waals surface area contributed by atoms with Gasteiger partial charge in [0.2, 0.25) is 0 Å². The lowest BCUT2D eigenvalue weighted by molar-refractivity contribution is 0.460.